The van der Waals surface area contributed by atoms with Crippen molar-refractivity contribution in [2.75, 3.05) is 13.7 Å². The summed E-state index contributed by atoms with van der Waals surface area (Å²) in [5.41, 5.74) is 8.55. The van der Waals surface area contributed by atoms with E-state index in [4.69, 9.17) is 17.0 Å². The molecule has 0 radical (unpaired) electrons. The van der Waals surface area contributed by atoms with Crippen LogP contribution in [-0.2, 0) is 23.1 Å². The minimum absolute atomic E-state index is 0.302. The van der Waals surface area contributed by atoms with Crippen LogP contribution in [0.25, 0.3) is 4.85 Å². The summed E-state index contributed by atoms with van der Waals surface area (Å²) in [7, 11) is 1.34. The lowest BCUT2D eigenvalue weighted by Crippen LogP contribution is -2.28. The van der Waals surface area contributed by atoms with E-state index in [1.807, 2.05) is 0 Å². The Hall–Kier alpha value is -2.71. The molecule has 1 atom stereocenters. The molecule has 2 aromatic carbocycles. The maximum atomic E-state index is 13.9. The molecule has 1 aliphatic rings. The average molecular weight is 338 g/mol. The largest absolute Gasteiger partial charge is 0.465 e. The van der Waals surface area contributed by atoms with Crippen LogP contribution in [0.15, 0.2) is 36.4 Å². The number of halogens is 1. The van der Waals surface area contributed by atoms with Gasteiger partial charge in [0, 0.05) is 24.1 Å². The molecule has 5 heteroatoms. The van der Waals surface area contributed by atoms with E-state index in [2.05, 4.69) is 4.85 Å². The number of nitrogens with two attached hydrogens (primary N) is 1. The summed E-state index contributed by atoms with van der Waals surface area (Å²) in [5.74, 6) is -0.777. The molecule has 0 bridgehead atoms. The van der Waals surface area contributed by atoms with Crippen molar-refractivity contribution in [2.45, 2.75) is 24.8 Å². The van der Waals surface area contributed by atoms with Gasteiger partial charge < -0.3 is 10.5 Å². The number of hydrogen-bond donors (Lipinski definition) is 1. The van der Waals surface area contributed by atoms with Gasteiger partial charge in [-0.1, -0.05) is 6.07 Å². The Kier molecular flexibility index (Phi) is 4.56. The number of ether oxygens (including phenoxy) is 1. The highest BCUT2D eigenvalue weighted by Gasteiger charge is 2.45. The number of aryl methyl sites for hydroxylation is 2. The second-order valence-electron chi connectivity index (χ2n) is 6.18. The van der Waals surface area contributed by atoms with Gasteiger partial charge in [0.2, 0.25) is 0 Å². The molecule has 0 aromatic heterocycles. The molecule has 0 spiro atoms. The van der Waals surface area contributed by atoms with Crippen molar-refractivity contribution in [3.8, 4) is 0 Å². The van der Waals surface area contributed by atoms with E-state index < -0.39 is 11.5 Å². The van der Waals surface area contributed by atoms with Gasteiger partial charge in [-0.15, -0.1) is 0 Å². The molecule has 1 aliphatic carbocycles. The van der Waals surface area contributed by atoms with Crippen LogP contribution in [0.2, 0.25) is 0 Å². The Balaban J connectivity index is 2.27. The van der Waals surface area contributed by atoms with Gasteiger partial charge in [0.15, 0.2) is 0 Å². The lowest BCUT2D eigenvalue weighted by atomic mass is 9.78. The molecule has 0 fully saturated rings. The summed E-state index contributed by atoms with van der Waals surface area (Å²) >= 11 is 0. The second-order valence-corrected chi connectivity index (χ2v) is 6.18. The van der Waals surface area contributed by atoms with E-state index in [0.717, 1.165) is 16.7 Å². The normalized spacial score (nSPS) is 18.5. The lowest BCUT2D eigenvalue weighted by molar-refractivity contribution is 0.0600. The quantitative estimate of drug-likeness (QED) is 0.690. The molecular weight excluding hydrogens is 319 g/mol. The van der Waals surface area contributed by atoms with E-state index in [9.17, 15) is 9.18 Å². The van der Waals surface area contributed by atoms with Gasteiger partial charge in [-0.05, 0) is 54.3 Å². The van der Waals surface area contributed by atoms with Crippen molar-refractivity contribution in [3.63, 3.8) is 0 Å². The van der Waals surface area contributed by atoms with Crippen molar-refractivity contribution < 1.29 is 13.9 Å². The Labute approximate surface area is 146 Å². The van der Waals surface area contributed by atoms with Crippen molar-refractivity contribution in [1.82, 2.24) is 0 Å². The Morgan fingerprint density at radius 1 is 1.24 bits per heavy atom. The molecule has 4 nitrogen and oxygen atoms in total. The van der Waals surface area contributed by atoms with Crippen molar-refractivity contribution >= 4 is 5.97 Å². The van der Waals surface area contributed by atoms with Crippen LogP contribution in [0.5, 0.6) is 0 Å². The molecule has 1 unspecified atom stereocenters. The molecule has 2 N–H and O–H groups in total. The molecule has 3 rings (SSSR count). The predicted octanol–water partition coefficient (Wildman–Crippen LogP) is 3.22. The second kappa shape index (κ2) is 6.66. The molecule has 2 aromatic rings. The first-order valence-electron chi connectivity index (χ1n) is 8.15. The van der Waals surface area contributed by atoms with Crippen LogP contribution in [0.3, 0.4) is 0 Å². The average Bonchev–Trinajstić information content (AvgIpc) is 2.76. The van der Waals surface area contributed by atoms with Gasteiger partial charge in [0.05, 0.1) is 12.7 Å². The van der Waals surface area contributed by atoms with Crippen molar-refractivity contribution in [3.05, 3.63) is 81.4 Å². The van der Waals surface area contributed by atoms with E-state index in [1.165, 1.54) is 19.2 Å². The van der Waals surface area contributed by atoms with E-state index >= 15 is 0 Å². The number of fused-ring (bicyclic) bond motifs is 2. The fraction of sp³-hybridized carbons (Fsp3) is 0.300. The standard InChI is InChI=1S/C20H19FN2O2/c1-23-20(9-10-22)17-8-6-15(19(24)25-2)11-14(17)4-3-13-5-7-16(21)12-18(13)20/h5-8,11-12H,3-4,9-10,22H2,2H3. The van der Waals surface area contributed by atoms with Gasteiger partial charge in [0.1, 0.15) is 5.82 Å². The smallest absolute Gasteiger partial charge is 0.337 e. The Bertz CT molecular complexity index is 872. The number of carbonyl (C=O) groups excluding carboxylic acids is 1. The molecule has 25 heavy (non-hydrogen) atoms. The SMILES string of the molecule is [C-]#[N+]C1(CCN)c2ccc(C(=O)OC)cc2CCc2ccc(F)cc21. The third-order valence-electron chi connectivity index (χ3n) is 4.85. The summed E-state index contributed by atoms with van der Waals surface area (Å²) < 4.78 is 18.7. The highest BCUT2D eigenvalue weighted by atomic mass is 19.1. The maximum Gasteiger partial charge on any atom is 0.337 e. The molecule has 0 saturated carbocycles. The number of hydrogen-bond acceptors (Lipinski definition) is 3. The maximum absolute atomic E-state index is 13.9. The first-order chi connectivity index (χ1) is 12.1. The molecule has 0 heterocycles. The monoisotopic (exact) mass is 338 g/mol. The predicted molar refractivity (Wildman–Crippen MR) is 92.6 cm³/mol. The summed E-state index contributed by atoms with van der Waals surface area (Å²) in [5, 5.41) is 0. The number of esters is 1. The Morgan fingerprint density at radius 3 is 2.68 bits per heavy atom. The zero-order valence-electron chi connectivity index (χ0n) is 14.0. The third kappa shape index (κ3) is 2.79. The van der Waals surface area contributed by atoms with Crippen LogP contribution in [-0.4, -0.2) is 19.6 Å². The zero-order chi connectivity index (χ0) is 18.0. The number of rotatable bonds is 3. The van der Waals surface area contributed by atoms with Gasteiger partial charge in [-0.2, -0.15) is 0 Å². The van der Waals surface area contributed by atoms with Gasteiger partial charge >= 0.3 is 5.97 Å². The molecule has 0 aliphatic heterocycles. The highest BCUT2D eigenvalue weighted by molar-refractivity contribution is 5.89. The topological polar surface area (TPSA) is 56.7 Å². The van der Waals surface area contributed by atoms with Crippen molar-refractivity contribution in [2.24, 2.45) is 5.73 Å². The zero-order valence-corrected chi connectivity index (χ0v) is 14.0. The van der Waals surface area contributed by atoms with Crippen molar-refractivity contribution in [1.29, 1.82) is 0 Å². The fourth-order valence-electron chi connectivity index (χ4n) is 3.67. The van der Waals surface area contributed by atoms with E-state index in [1.54, 1.807) is 24.3 Å². The third-order valence-corrected chi connectivity index (χ3v) is 4.85. The van der Waals surface area contributed by atoms with E-state index in [0.29, 0.717) is 36.9 Å². The number of nitrogens with zero attached hydrogens (tertiary/aromatic N) is 1. The van der Waals surface area contributed by atoms with Gasteiger partial charge in [-0.25, -0.2) is 15.8 Å². The number of carbonyl (C=O) groups is 1. The van der Waals surface area contributed by atoms with Crippen LogP contribution in [0.4, 0.5) is 4.39 Å². The summed E-state index contributed by atoms with van der Waals surface area (Å²) in [6.07, 6.45) is 1.73. The first kappa shape index (κ1) is 17.1. The Morgan fingerprint density at radius 2 is 2.00 bits per heavy atom. The first-order valence-corrected chi connectivity index (χ1v) is 8.15. The van der Waals surface area contributed by atoms with Gasteiger partial charge in [-0.3, -0.25) is 4.85 Å². The summed E-state index contributed by atoms with van der Waals surface area (Å²) in [6.45, 7) is 8.21. The summed E-state index contributed by atoms with van der Waals surface area (Å²) in [4.78, 5) is 15.8. The number of benzene rings is 2. The number of methoxy groups -OCH3 is 1. The highest BCUT2D eigenvalue weighted by Crippen LogP contribution is 2.43. The van der Waals surface area contributed by atoms with Crippen LogP contribution in [0, 0.1) is 12.4 Å². The molecule has 0 saturated heterocycles. The minimum Gasteiger partial charge on any atom is -0.465 e. The molecule has 128 valence electrons. The molecular formula is C20H19FN2O2. The van der Waals surface area contributed by atoms with Crippen LogP contribution >= 0.6 is 0 Å². The summed E-state index contributed by atoms with van der Waals surface area (Å²) in [6, 6.07) is 9.84. The lowest BCUT2D eigenvalue weighted by Gasteiger charge is -2.24. The molecule has 0 amide bonds. The van der Waals surface area contributed by atoms with E-state index in [-0.39, 0.29) is 5.82 Å². The minimum atomic E-state index is -1.04. The van der Waals surface area contributed by atoms with Crippen LogP contribution < -0.4 is 5.73 Å². The fourth-order valence-corrected chi connectivity index (χ4v) is 3.67. The van der Waals surface area contributed by atoms with Gasteiger partial charge in [0.25, 0.3) is 5.54 Å². The van der Waals surface area contributed by atoms with Crippen LogP contribution in [0.1, 0.15) is 39.0 Å².